The maximum Gasteiger partial charge on any atom is 0.172 e. The van der Waals surface area contributed by atoms with Crippen LogP contribution >= 0.6 is 11.8 Å². The zero-order valence-electron chi connectivity index (χ0n) is 10.3. The highest BCUT2D eigenvalue weighted by Gasteiger charge is 2.06. The van der Waals surface area contributed by atoms with E-state index in [1.165, 1.54) is 11.8 Å². The fourth-order valence-electron chi connectivity index (χ4n) is 1.73. The quantitative estimate of drug-likeness (QED) is 0.296. The van der Waals surface area contributed by atoms with Crippen molar-refractivity contribution in [3.8, 4) is 0 Å². The Hall–Kier alpha value is -2.54. The summed E-state index contributed by atoms with van der Waals surface area (Å²) in [5.74, 6) is 0.0396. The fraction of sp³-hybridized carbons (Fsp3) is 0. The molecule has 0 unspecified atom stereocenters. The van der Waals surface area contributed by atoms with E-state index in [0.717, 1.165) is 21.2 Å². The molecule has 100 valence electrons. The van der Waals surface area contributed by atoms with Crippen molar-refractivity contribution >= 4 is 28.6 Å². The molecule has 0 aliphatic carbocycles. The van der Waals surface area contributed by atoms with E-state index in [1.807, 2.05) is 24.3 Å². The summed E-state index contributed by atoms with van der Waals surface area (Å²) in [4.78, 5) is 11.9. The van der Waals surface area contributed by atoms with Crippen molar-refractivity contribution in [2.75, 3.05) is 0 Å². The molecule has 0 amide bonds. The molecule has 0 saturated carbocycles. The molecular weight excluding hydrogens is 274 g/mol. The summed E-state index contributed by atoms with van der Waals surface area (Å²) in [6.07, 6.45) is 1.56. The molecular formula is C13H11N5OS. The van der Waals surface area contributed by atoms with Gasteiger partial charge in [-0.3, -0.25) is 0 Å². The highest BCUT2D eigenvalue weighted by Crippen LogP contribution is 2.25. The lowest BCUT2D eigenvalue weighted by Gasteiger charge is -2.00. The van der Waals surface area contributed by atoms with Crippen LogP contribution in [0.25, 0.3) is 11.0 Å². The summed E-state index contributed by atoms with van der Waals surface area (Å²) in [6.45, 7) is 0. The molecule has 0 atom stereocenters. The largest absolute Gasteiger partial charge is 0.409 e. The maximum absolute atomic E-state index is 8.59. The fourth-order valence-corrected chi connectivity index (χ4v) is 2.47. The highest BCUT2D eigenvalue weighted by atomic mass is 32.2. The highest BCUT2D eigenvalue weighted by molar-refractivity contribution is 7.99. The van der Waals surface area contributed by atoms with E-state index in [9.17, 15) is 0 Å². The number of nitrogens with two attached hydrogens (primary N) is 1. The van der Waals surface area contributed by atoms with Gasteiger partial charge in [0.25, 0.3) is 0 Å². The first-order valence-corrected chi connectivity index (χ1v) is 6.64. The van der Waals surface area contributed by atoms with E-state index in [2.05, 4.69) is 20.1 Å². The van der Waals surface area contributed by atoms with E-state index >= 15 is 0 Å². The van der Waals surface area contributed by atoms with Crippen molar-refractivity contribution in [1.82, 2.24) is 15.0 Å². The summed E-state index contributed by atoms with van der Waals surface area (Å²) in [5.41, 5.74) is 7.96. The van der Waals surface area contributed by atoms with Gasteiger partial charge in [-0.15, -0.1) is 0 Å². The minimum Gasteiger partial charge on any atom is -0.409 e. The number of aromatic amines is 1. The minimum absolute atomic E-state index is 0.0396. The number of amidine groups is 1. The van der Waals surface area contributed by atoms with Crippen LogP contribution in [0.15, 0.2) is 57.9 Å². The second-order valence-electron chi connectivity index (χ2n) is 4.03. The van der Waals surface area contributed by atoms with E-state index in [4.69, 9.17) is 10.9 Å². The molecule has 0 saturated heterocycles. The van der Waals surface area contributed by atoms with E-state index in [1.54, 1.807) is 18.3 Å². The maximum atomic E-state index is 8.59. The monoisotopic (exact) mass is 285 g/mol. The van der Waals surface area contributed by atoms with Crippen molar-refractivity contribution in [3.05, 3.63) is 48.2 Å². The Morgan fingerprint density at radius 3 is 2.80 bits per heavy atom. The summed E-state index contributed by atoms with van der Waals surface area (Å²) >= 11 is 1.42. The number of hydrogen-bond acceptors (Lipinski definition) is 5. The average Bonchev–Trinajstić information content (AvgIpc) is 2.89. The van der Waals surface area contributed by atoms with E-state index < -0.39 is 0 Å². The number of oxime groups is 1. The van der Waals surface area contributed by atoms with Crippen LogP contribution in [0.1, 0.15) is 5.56 Å². The topological polar surface area (TPSA) is 100 Å². The lowest BCUT2D eigenvalue weighted by atomic mass is 10.3. The van der Waals surface area contributed by atoms with Gasteiger partial charge in [0.05, 0.1) is 11.0 Å². The SMILES string of the molecule is N/C(=N\O)c1ccc(Sc2nc3ccccc3[nH]2)nc1. The van der Waals surface area contributed by atoms with Gasteiger partial charge in [-0.1, -0.05) is 17.3 Å². The second-order valence-corrected chi connectivity index (χ2v) is 5.04. The molecule has 3 aromatic rings. The Morgan fingerprint density at radius 2 is 2.10 bits per heavy atom. The van der Waals surface area contributed by atoms with Crippen LogP contribution in [0.2, 0.25) is 0 Å². The van der Waals surface area contributed by atoms with Gasteiger partial charge in [0, 0.05) is 11.8 Å². The smallest absolute Gasteiger partial charge is 0.172 e. The number of imidazole rings is 1. The summed E-state index contributed by atoms with van der Waals surface area (Å²) in [7, 11) is 0. The molecule has 7 heteroatoms. The number of nitrogens with one attached hydrogen (secondary N) is 1. The summed E-state index contributed by atoms with van der Waals surface area (Å²) in [6, 6.07) is 11.4. The predicted octanol–water partition coefficient (Wildman–Crippen LogP) is 2.20. The van der Waals surface area contributed by atoms with Crippen molar-refractivity contribution in [2.24, 2.45) is 10.9 Å². The predicted molar refractivity (Wildman–Crippen MR) is 77.0 cm³/mol. The number of hydrogen-bond donors (Lipinski definition) is 3. The van der Waals surface area contributed by atoms with Gasteiger partial charge in [-0.05, 0) is 36.0 Å². The molecule has 20 heavy (non-hydrogen) atoms. The number of pyridine rings is 1. The van der Waals surface area contributed by atoms with Gasteiger partial charge in [0.2, 0.25) is 0 Å². The number of nitrogens with zero attached hydrogens (tertiary/aromatic N) is 3. The molecule has 4 N–H and O–H groups in total. The molecule has 2 aromatic heterocycles. The number of fused-ring (bicyclic) bond motifs is 1. The van der Waals surface area contributed by atoms with Gasteiger partial charge in [-0.2, -0.15) is 0 Å². The first-order chi connectivity index (χ1) is 9.76. The number of H-pyrrole nitrogens is 1. The molecule has 0 bridgehead atoms. The molecule has 1 aromatic carbocycles. The lowest BCUT2D eigenvalue weighted by molar-refractivity contribution is 0.318. The Kier molecular flexibility index (Phi) is 3.26. The molecule has 3 rings (SSSR count). The Morgan fingerprint density at radius 1 is 1.25 bits per heavy atom. The molecule has 2 heterocycles. The molecule has 0 aliphatic heterocycles. The third kappa shape index (κ3) is 2.43. The number of rotatable bonds is 3. The Labute approximate surface area is 118 Å². The second kappa shape index (κ2) is 5.22. The van der Waals surface area contributed by atoms with E-state index in [0.29, 0.717) is 5.56 Å². The number of aromatic nitrogens is 3. The third-order valence-corrected chi connectivity index (χ3v) is 3.55. The minimum atomic E-state index is 0.0396. The van der Waals surface area contributed by atoms with E-state index in [-0.39, 0.29) is 5.84 Å². The number of benzene rings is 1. The van der Waals surface area contributed by atoms with Gasteiger partial charge < -0.3 is 15.9 Å². The molecule has 6 nitrogen and oxygen atoms in total. The van der Waals surface area contributed by atoms with Gasteiger partial charge in [0.1, 0.15) is 5.03 Å². The average molecular weight is 285 g/mol. The van der Waals surface area contributed by atoms with Crippen LogP contribution in [0.3, 0.4) is 0 Å². The van der Waals surface area contributed by atoms with Gasteiger partial charge >= 0.3 is 0 Å². The standard InChI is InChI=1S/C13H11N5OS/c14-12(18-19)8-5-6-11(15-7-8)20-13-16-9-3-1-2-4-10(9)17-13/h1-7,19H,(H2,14,18)(H,16,17). The van der Waals surface area contributed by atoms with Crippen LogP contribution in [0.5, 0.6) is 0 Å². The zero-order valence-corrected chi connectivity index (χ0v) is 11.1. The van der Waals surface area contributed by atoms with Crippen molar-refractivity contribution in [1.29, 1.82) is 0 Å². The molecule has 0 spiro atoms. The Bertz CT molecular complexity index is 733. The van der Waals surface area contributed by atoms with Crippen molar-refractivity contribution in [2.45, 2.75) is 10.2 Å². The van der Waals surface area contributed by atoms with Crippen molar-refractivity contribution < 1.29 is 5.21 Å². The summed E-state index contributed by atoms with van der Waals surface area (Å²) < 4.78 is 0. The van der Waals surface area contributed by atoms with Gasteiger partial charge in [0.15, 0.2) is 11.0 Å². The summed E-state index contributed by atoms with van der Waals surface area (Å²) in [5, 5.41) is 13.1. The first kappa shape index (κ1) is 12.5. The zero-order chi connectivity index (χ0) is 13.9. The molecule has 0 aliphatic rings. The van der Waals surface area contributed by atoms with Crippen molar-refractivity contribution in [3.63, 3.8) is 0 Å². The first-order valence-electron chi connectivity index (χ1n) is 5.83. The van der Waals surface area contributed by atoms with Crippen LogP contribution in [0, 0.1) is 0 Å². The van der Waals surface area contributed by atoms with Crippen LogP contribution in [0.4, 0.5) is 0 Å². The van der Waals surface area contributed by atoms with Gasteiger partial charge in [-0.25, -0.2) is 9.97 Å². The van der Waals surface area contributed by atoms with Crippen LogP contribution < -0.4 is 5.73 Å². The molecule has 0 radical (unpaired) electrons. The normalized spacial score (nSPS) is 11.9. The number of para-hydroxylation sites is 2. The van der Waals surface area contributed by atoms with Crippen LogP contribution in [-0.4, -0.2) is 26.0 Å². The third-order valence-electron chi connectivity index (χ3n) is 2.71. The molecule has 0 fully saturated rings. The van der Waals surface area contributed by atoms with Crippen LogP contribution in [-0.2, 0) is 0 Å². The Balaban J connectivity index is 1.83. The lowest BCUT2D eigenvalue weighted by Crippen LogP contribution is -2.13.